The number of nitrogens with zero attached hydrogens (tertiary/aromatic N) is 1. The van der Waals surface area contributed by atoms with Crippen molar-refractivity contribution in [2.45, 2.75) is 6.61 Å². The molecule has 88 valence electrons. The van der Waals surface area contributed by atoms with Crippen LogP contribution in [0.2, 0.25) is 0 Å². The topological polar surface area (TPSA) is 22.1 Å². The molecule has 0 aliphatic heterocycles. The highest BCUT2D eigenvalue weighted by molar-refractivity contribution is 9.10. The van der Waals surface area contributed by atoms with Crippen molar-refractivity contribution in [2.24, 2.45) is 0 Å². The van der Waals surface area contributed by atoms with E-state index in [9.17, 15) is 4.39 Å². The summed E-state index contributed by atoms with van der Waals surface area (Å²) in [6, 6.07) is 6.35. The molecule has 0 radical (unpaired) electrons. The van der Waals surface area contributed by atoms with Crippen LogP contribution in [0, 0.1) is 5.82 Å². The SMILES string of the molecule is Fc1cc(Br)cc(OCc2cncc(Br)c2)c1. The molecule has 0 spiro atoms. The van der Waals surface area contributed by atoms with Crippen LogP contribution in [0.3, 0.4) is 0 Å². The summed E-state index contributed by atoms with van der Waals surface area (Å²) in [5.41, 5.74) is 0.916. The average molecular weight is 361 g/mol. The minimum atomic E-state index is -0.332. The van der Waals surface area contributed by atoms with E-state index in [1.807, 2.05) is 6.07 Å². The Morgan fingerprint density at radius 3 is 2.59 bits per heavy atom. The van der Waals surface area contributed by atoms with E-state index in [1.54, 1.807) is 18.5 Å². The van der Waals surface area contributed by atoms with Crippen molar-refractivity contribution in [1.82, 2.24) is 4.98 Å². The van der Waals surface area contributed by atoms with Crippen LogP contribution >= 0.6 is 31.9 Å². The lowest BCUT2D eigenvalue weighted by Gasteiger charge is -2.07. The summed E-state index contributed by atoms with van der Waals surface area (Å²) < 4.78 is 20.1. The molecule has 0 fully saturated rings. The van der Waals surface area contributed by atoms with E-state index in [2.05, 4.69) is 36.8 Å². The van der Waals surface area contributed by atoms with Crippen molar-refractivity contribution in [1.29, 1.82) is 0 Å². The zero-order chi connectivity index (χ0) is 12.3. The maximum Gasteiger partial charge on any atom is 0.128 e. The minimum Gasteiger partial charge on any atom is -0.489 e. The fourth-order valence-electron chi connectivity index (χ4n) is 1.31. The van der Waals surface area contributed by atoms with Crippen LogP contribution < -0.4 is 4.74 Å². The molecule has 1 heterocycles. The van der Waals surface area contributed by atoms with Crippen LogP contribution in [0.25, 0.3) is 0 Å². The van der Waals surface area contributed by atoms with Crippen LogP contribution in [-0.4, -0.2) is 4.98 Å². The molecule has 0 saturated carbocycles. The normalized spacial score (nSPS) is 10.3. The van der Waals surface area contributed by atoms with Gasteiger partial charge in [0.05, 0.1) is 0 Å². The molecule has 2 aromatic rings. The molecule has 5 heteroatoms. The van der Waals surface area contributed by atoms with Gasteiger partial charge in [0.1, 0.15) is 18.2 Å². The lowest BCUT2D eigenvalue weighted by molar-refractivity contribution is 0.304. The molecular formula is C12H8Br2FNO. The van der Waals surface area contributed by atoms with E-state index in [0.717, 1.165) is 10.0 Å². The summed E-state index contributed by atoms with van der Waals surface area (Å²) in [6.07, 6.45) is 3.40. The van der Waals surface area contributed by atoms with Crippen LogP contribution in [0.4, 0.5) is 4.39 Å². The first-order chi connectivity index (χ1) is 8.13. The number of hydrogen-bond acceptors (Lipinski definition) is 2. The number of ether oxygens (including phenoxy) is 1. The largest absolute Gasteiger partial charge is 0.489 e. The van der Waals surface area contributed by atoms with Gasteiger partial charge in [-0.25, -0.2) is 4.39 Å². The van der Waals surface area contributed by atoms with E-state index in [0.29, 0.717) is 16.8 Å². The Balaban J connectivity index is 2.07. The molecule has 1 aromatic carbocycles. The van der Waals surface area contributed by atoms with Crippen molar-refractivity contribution in [2.75, 3.05) is 0 Å². The number of hydrogen-bond donors (Lipinski definition) is 0. The zero-order valence-corrected chi connectivity index (χ0v) is 11.8. The van der Waals surface area contributed by atoms with Gasteiger partial charge in [0.25, 0.3) is 0 Å². The Hall–Kier alpha value is -0.940. The Labute approximate surface area is 115 Å². The summed E-state index contributed by atoms with van der Waals surface area (Å²) in [4.78, 5) is 4.02. The summed E-state index contributed by atoms with van der Waals surface area (Å²) >= 11 is 6.54. The van der Waals surface area contributed by atoms with E-state index >= 15 is 0 Å². The second-order valence-electron chi connectivity index (χ2n) is 3.41. The van der Waals surface area contributed by atoms with Crippen molar-refractivity contribution >= 4 is 31.9 Å². The molecule has 0 aliphatic carbocycles. The van der Waals surface area contributed by atoms with Gasteiger partial charge in [0.2, 0.25) is 0 Å². The maximum atomic E-state index is 13.1. The third-order valence-electron chi connectivity index (χ3n) is 2.00. The number of rotatable bonds is 3. The molecule has 1 aromatic heterocycles. The first-order valence-corrected chi connectivity index (χ1v) is 6.40. The lowest BCUT2D eigenvalue weighted by atomic mass is 10.3. The van der Waals surface area contributed by atoms with Crippen LogP contribution in [0.1, 0.15) is 5.56 Å². The van der Waals surface area contributed by atoms with Crippen LogP contribution in [0.15, 0.2) is 45.6 Å². The van der Waals surface area contributed by atoms with Gasteiger partial charge in [-0.3, -0.25) is 4.98 Å². The molecule has 17 heavy (non-hydrogen) atoms. The molecule has 0 saturated heterocycles. The second kappa shape index (κ2) is 5.60. The van der Waals surface area contributed by atoms with Crippen molar-refractivity contribution in [3.8, 4) is 5.75 Å². The second-order valence-corrected chi connectivity index (χ2v) is 5.24. The van der Waals surface area contributed by atoms with Gasteiger partial charge < -0.3 is 4.74 Å². The highest BCUT2D eigenvalue weighted by Crippen LogP contribution is 2.21. The third kappa shape index (κ3) is 3.78. The van der Waals surface area contributed by atoms with E-state index in [4.69, 9.17) is 4.74 Å². The molecule has 2 nitrogen and oxygen atoms in total. The van der Waals surface area contributed by atoms with E-state index < -0.39 is 0 Å². The van der Waals surface area contributed by atoms with Gasteiger partial charge in [-0.2, -0.15) is 0 Å². The summed E-state index contributed by atoms with van der Waals surface area (Å²) in [7, 11) is 0. The molecule has 0 atom stereocenters. The monoisotopic (exact) mass is 359 g/mol. The summed E-state index contributed by atoms with van der Waals surface area (Å²) in [5, 5.41) is 0. The van der Waals surface area contributed by atoms with Gasteiger partial charge in [-0.1, -0.05) is 15.9 Å². The Bertz CT molecular complexity index is 513. The molecular weight excluding hydrogens is 353 g/mol. The van der Waals surface area contributed by atoms with Crippen molar-refractivity contribution in [3.63, 3.8) is 0 Å². The predicted molar refractivity (Wildman–Crippen MR) is 70.4 cm³/mol. The van der Waals surface area contributed by atoms with Gasteiger partial charge in [0.15, 0.2) is 0 Å². The summed E-state index contributed by atoms with van der Waals surface area (Å²) in [6.45, 7) is 0.350. The first-order valence-electron chi connectivity index (χ1n) is 4.82. The molecule has 0 bridgehead atoms. The lowest BCUT2D eigenvalue weighted by Crippen LogP contribution is -1.96. The first kappa shape index (κ1) is 12.5. The number of pyridine rings is 1. The van der Waals surface area contributed by atoms with Gasteiger partial charge in [-0.05, 0) is 34.1 Å². The van der Waals surface area contributed by atoms with E-state index in [1.165, 1.54) is 12.1 Å². The molecule has 2 rings (SSSR count). The Morgan fingerprint density at radius 1 is 1.06 bits per heavy atom. The zero-order valence-electron chi connectivity index (χ0n) is 8.66. The number of benzene rings is 1. The van der Waals surface area contributed by atoms with E-state index in [-0.39, 0.29) is 5.82 Å². The maximum absolute atomic E-state index is 13.1. The number of aromatic nitrogens is 1. The fraction of sp³-hybridized carbons (Fsp3) is 0.0833. The van der Waals surface area contributed by atoms with Gasteiger partial charge in [-0.15, -0.1) is 0 Å². The van der Waals surface area contributed by atoms with Crippen molar-refractivity contribution < 1.29 is 9.13 Å². The third-order valence-corrected chi connectivity index (χ3v) is 2.89. The fourth-order valence-corrected chi connectivity index (χ4v) is 2.17. The predicted octanol–water partition coefficient (Wildman–Crippen LogP) is 4.32. The molecule has 0 aliphatic rings. The molecule has 0 N–H and O–H groups in total. The standard InChI is InChI=1S/C12H8Br2FNO/c13-9-2-11(15)4-12(3-9)17-7-8-1-10(14)6-16-5-8/h1-6H,7H2. The van der Waals surface area contributed by atoms with Crippen LogP contribution in [0.5, 0.6) is 5.75 Å². The quantitative estimate of drug-likeness (QED) is 0.812. The number of halogens is 3. The Morgan fingerprint density at radius 2 is 1.88 bits per heavy atom. The van der Waals surface area contributed by atoms with Gasteiger partial charge >= 0.3 is 0 Å². The van der Waals surface area contributed by atoms with Crippen LogP contribution in [-0.2, 0) is 6.61 Å². The highest BCUT2D eigenvalue weighted by atomic mass is 79.9. The smallest absolute Gasteiger partial charge is 0.128 e. The van der Waals surface area contributed by atoms with Gasteiger partial charge in [0, 0.05) is 33.0 Å². The minimum absolute atomic E-state index is 0.332. The molecule has 0 unspecified atom stereocenters. The molecule has 0 amide bonds. The highest BCUT2D eigenvalue weighted by Gasteiger charge is 2.01. The van der Waals surface area contributed by atoms with Crippen molar-refractivity contribution in [3.05, 3.63) is 57.0 Å². The Kier molecular flexibility index (Phi) is 4.12. The average Bonchev–Trinajstić information content (AvgIpc) is 2.25. The summed E-state index contributed by atoms with van der Waals surface area (Å²) in [5.74, 6) is 0.151.